The molecule has 1 aliphatic carbocycles. The Hall–Kier alpha value is -2.09. The maximum Gasteiger partial charge on any atom is 0.439 e. The Kier molecular flexibility index (Phi) is 5.45. The Morgan fingerprint density at radius 3 is 2.66 bits per heavy atom. The first-order valence-electron chi connectivity index (χ1n) is 9.80. The molecule has 5 nitrogen and oxygen atoms in total. The number of hydrazone groups is 1. The normalized spacial score (nSPS) is 27.4. The largest absolute Gasteiger partial charge is 0.497 e. The molecule has 2 aliphatic rings. The summed E-state index contributed by atoms with van der Waals surface area (Å²) in [6.45, 7) is 6.06. The highest BCUT2D eigenvalue weighted by molar-refractivity contribution is 5.99. The number of benzene rings is 1. The second kappa shape index (κ2) is 7.31. The summed E-state index contributed by atoms with van der Waals surface area (Å²) in [5, 5.41) is 15.2. The predicted octanol–water partition coefficient (Wildman–Crippen LogP) is 4.61. The number of methoxy groups -OCH3 is 1. The van der Waals surface area contributed by atoms with Crippen LogP contribution >= 0.6 is 0 Å². The van der Waals surface area contributed by atoms with Gasteiger partial charge in [0.05, 0.1) is 13.0 Å². The zero-order valence-electron chi connectivity index (χ0n) is 17.1. The van der Waals surface area contributed by atoms with E-state index < -0.39 is 23.7 Å². The van der Waals surface area contributed by atoms with E-state index in [4.69, 9.17) is 4.74 Å². The summed E-state index contributed by atoms with van der Waals surface area (Å²) in [6.07, 6.45) is -3.08. The van der Waals surface area contributed by atoms with E-state index in [-0.39, 0.29) is 34.0 Å². The van der Waals surface area contributed by atoms with Gasteiger partial charge in [0, 0.05) is 11.3 Å². The third-order valence-corrected chi connectivity index (χ3v) is 6.65. The van der Waals surface area contributed by atoms with Crippen LogP contribution in [0.4, 0.5) is 13.2 Å². The number of rotatable bonds is 4. The van der Waals surface area contributed by atoms with Crippen LogP contribution in [0.15, 0.2) is 29.4 Å². The van der Waals surface area contributed by atoms with Gasteiger partial charge < -0.3 is 9.84 Å². The number of hydrogen-bond donors (Lipinski definition) is 1. The average Bonchev–Trinajstić information content (AvgIpc) is 3.00. The summed E-state index contributed by atoms with van der Waals surface area (Å²) in [4.78, 5) is 13.0. The Labute approximate surface area is 168 Å². The number of nitrogens with zero attached hydrogens (tertiary/aromatic N) is 2. The molecule has 1 aromatic carbocycles. The molecule has 1 fully saturated rings. The molecule has 0 saturated heterocycles. The number of fused-ring (bicyclic) bond motifs is 1. The molecular weight excluding hydrogens is 385 g/mol. The van der Waals surface area contributed by atoms with Crippen molar-refractivity contribution < 1.29 is 27.8 Å². The number of aliphatic hydroxyl groups is 1. The highest BCUT2D eigenvalue weighted by atomic mass is 19.4. The minimum absolute atomic E-state index is 0.00260. The lowest BCUT2D eigenvalue weighted by atomic mass is 9.64. The Bertz CT molecular complexity index is 822. The van der Waals surface area contributed by atoms with E-state index in [2.05, 4.69) is 5.10 Å². The molecule has 1 saturated carbocycles. The predicted molar refractivity (Wildman–Crippen MR) is 103 cm³/mol. The second-order valence-electron chi connectivity index (χ2n) is 8.53. The van der Waals surface area contributed by atoms with Crippen LogP contribution in [0.1, 0.15) is 56.8 Å². The van der Waals surface area contributed by atoms with E-state index in [1.165, 1.54) is 25.3 Å². The molecule has 1 N–H and O–H groups in total. The monoisotopic (exact) mass is 412 g/mol. The number of carbonyl (C=O) groups is 1. The fraction of sp³-hybridized carbons (Fsp3) is 0.619. The van der Waals surface area contributed by atoms with Crippen molar-refractivity contribution in [3.63, 3.8) is 0 Å². The van der Waals surface area contributed by atoms with Crippen LogP contribution in [0.5, 0.6) is 5.75 Å². The van der Waals surface area contributed by atoms with Gasteiger partial charge in [-0.15, -0.1) is 0 Å². The standard InChI is InChI=1S/C21H27F3N2O3/c1-5-19(2,3)14-9-10-17-16(12-14)20(28,21(22,23)24)26(25-17)18(27)13-7-6-8-15(11-13)29-4/h6-8,11,14,16,28H,5,9-10,12H2,1-4H3/t14-,16-,20-/m1/s1. The maximum atomic E-state index is 14.2. The highest BCUT2D eigenvalue weighted by Crippen LogP contribution is 2.52. The van der Waals surface area contributed by atoms with Crippen molar-refractivity contribution in [1.29, 1.82) is 0 Å². The molecule has 1 heterocycles. The molecule has 3 rings (SSSR count). The molecule has 1 amide bonds. The quantitative estimate of drug-likeness (QED) is 0.786. The minimum Gasteiger partial charge on any atom is -0.497 e. The molecular formula is C21H27F3N2O3. The molecule has 0 bridgehead atoms. The summed E-state index contributed by atoms with van der Waals surface area (Å²) in [5.74, 6) is -1.93. The maximum absolute atomic E-state index is 14.2. The molecule has 1 aromatic rings. The number of ether oxygens (including phenoxy) is 1. The van der Waals surface area contributed by atoms with Gasteiger partial charge in [-0.1, -0.05) is 33.3 Å². The molecule has 29 heavy (non-hydrogen) atoms. The van der Waals surface area contributed by atoms with E-state index in [1.54, 1.807) is 6.07 Å². The Balaban J connectivity index is 2.00. The van der Waals surface area contributed by atoms with E-state index in [1.807, 2.05) is 20.8 Å². The minimum atomic E-state index is -5.05. The number of carbonyl (C=O) groups excluding carboxylic acids is 1. The zero-order chi connectivity index (χ0) is 21.6. The summed E-state index contributed by atoms with van der Waals surface area (Å²) < 4.78 is 47.5. The van der Waals surface area contributed by atoms with Crippen LogP contribution in [-0.4, -0.2) is 40.7 Å². The molecule has 160 valence electrons. The molecule has 0 aromatic heterocycles. The summed E-state index contributed by atoms with van der Waals surface area (Å²) >= 11 is 0. The van der Waals surface area contributed by atoms with Crippen LogP contribution in [0.2, 0.25) is 0 Å². The molecule has 0 unspecified atom stereocenters. The lowest BCUT2D eigenvalue weighted by Gasteiger charge is -2.43. The highest BCUT2D eigenvalue weighted by Gasteiger charge is 2.69. The van der Waals surface area contributed by atoms with Crippen molar-refractivity contribution in [1.82, 2.24) is 5.01 Å². The number of alkyl halides is 3. The van der Waals surface area contributed by atoms with Gasteiger partial charge in [-0.05, 0) is 48.8 Å². The van der Waals surface area contributed by atoms with E-state index in [0.29, 0.717) is 18.6 Å². The lowest BCUT2D eigenvalue weighted by Crippen LogP contribution is -2.62. The number of amides is 1. The van der Waals surface area contributed by atoms with Crippen LogP contribution in [0.3, 0.4) is 0 Å². The summed E-state index contributed by atoms with van der Waals surface area (Å²) in [5.41, 5.74) is -3.31. The van der Waals surface area contributed by atoms with Crippen molar-refractivity contribution >= 4 is 11.6 Å². The van der Waals surface area contributed by atoms with Gasteiger partial charge in [-0.25, -0.2) is 0 Å². The van der Waals surface area contributed by atoms with Crippen molar-refractivity contribution in [2.24, 2.45) is 22.4 Å². The van der Waals surface area contributed by atoms with Crippen LogP contribution in [-0.2, 0) is 0 Å². The van der Waals surface area contributed by atoms with Crippen LogP contribution in [0.25, 0.3) is 0 Å². The SMILES string of the molecule is CCC(C)(C)[C@@H]1CCC2=NN(C(=O)c3cccc(OC)c3)[C@](O)(C(F)(F)F)[C@@H]2C1. The van der Waals surface area contributed by atoms with Gasteiger partial charge >= 0.3 is 6.18 Å². The topological polar surface area (TPSA) is 62.1 Å². The van der Waals surface area contributed by atoms with Crippen molar-refractivity contribution in [2.75, 3.05) is 7.11 Å². The molecule has 8 heteroatoms. The number of halogens is 3. The third-order valence-electron chi connectivity index (χ3n) is 6.65. The Morgan fingerprint density at radius 1 is 1.38 bits per heavy atom. The average molecular weight is 412 g/mol. The molecule has 1 aliphatic heterocycles. The zero-order valence-corrected chi connectivity index (χ0v) is 17.1. The Morgan fingerprint density at radius 2 is 2.07 bits per heavy atom. The molecule has 0 radical (unpaired) electrons. The third kappa shape index (κ3) is 3.52. The van der Waals surface area contributed by atoms with Crippen molar-refractivity contribution in [3.8, 4) is 5.75 Å². The second-order valence-corrected chi connectivity index (χ2v) is 8.53. The molecule has 0 spiro atoms. The molecule has 3 atom stereocenters. The fourth-order valence-electron chi connectivity index (χ4n) is 4.30. The lowest BCUT2D eigenvalue weighted by molar-refractivity contribution is -0.314. The summed E-state index contributed by atoms with van der Waals surface area (Å²) in [7, 11) is 1.40. The fourth-order valence-corrected chi connectivity index (χ4v) is 4.30. The van der Waals surface area contributed by atoms with Crippen molar-refractivity contribution in [2.45, 2.75) is 58.4 Å². The smallest absolute Gasteiger partial charge is 0.439 e. The first-order valence-corrected chi connectivity index (χ1v) is 9.80. The van der Waals surface area contributed by atoms with Gasteiger partial charge in [0.1, 0.15) is 5.75 Å². The van der Waals surface area contributed by atoms with E-state index >= 15 is 0 Å². The van der Waals surface area contributed by atoms with Gasteiger partial charge in [-0.3, -0.25) is 4.79 Å². The van der Waals surface area contributed by atoms with Gasteiger partial charge in [0.2, 0.25) is 0 Å². The first kappa shape index (κ1) is 21.6. The van der Waals surface area contributed by atoms with Crippen LogP contribution in [0, 0.1) is 17.3 Å². The first-order chi connectivity index (χ1) is 13.5. The van der Waals surface area contributed by atoms with E-state index in [9.17, 15) is 23.1 Å². The summed E-state index contributed by atoms with van der Waals surface area (Å²) in [6, 6.07) is 5.81. The van der Waals surface area contributed by atoms with Gasteiger partial charge in [-0.2, -0.15) is 23.3 Å². The van der Waals surface area contributed by atoms with Crippen molar-refractivity contribution in [3.05, 3.63) is 29.8 Å². The van der Waals surface area contributed by atoms with Gasteiger partial charge in [0.25, 0.3) is 11.6 Å². The number of hydrogen-bond acceptors (Lipinski definition) is 4. The van der Waals surface area contributed by atoms with Crippen LogP contribution < -0.4 is 4.74 Å². The van der Waals surface area contributed by atoms with Gasteiger partial charge in [0.15, 0.2) is 0 Å². The van der Waals surface area contributed by atoms with E-state index in [0.717, 1.165) is 6.42 Å².